The maximum absolute atomic E-state index is 12.4. The molecule has 0 aliphatic rings. The van der Waals surface area contributed by atoms with Crippen LogP contribution < -0.4 is 14.8 Å². The van der Waals surface area contributed by atoms with E-state index in [-0.39, 0.29) is 24.1 Å². The molecule has 0 fully saturated rings. The molecule has 0 spiro atoms. The van der Waals surface area contributed by atoms with Crippen molar-refractivity contribution in [2.75, 3.05) is 19.5 Å². The average molecular weight is 320 g/mol. The first-order valence-electron chi connectivity index (χ1n) is 5.65. The van der Waals surface area contributed by atoms with Crippen molar-refractivity contribution < 1.29 is 22.6 Å². The number of rotatable bonds is 5. The highest BCUT2D eigenvalue weighted by molar-refractivity contribution is 7.09. The van der Waals surface area contributed by atoms with Crippen molar-refractivity contribution in [1.29, 1.82) is 0 Å². The Kier molecular flexibility index (Phi) is 4.46. The van der Waals surface area contributed by atoms with E-state index in [1.807, 2.05) is 0 Å². The van der Waals surface area contributed by atoms with Crippen LogP contribution in [-0.4, -0.2) is 29.2 Å². The van der Waals surface area contributed by atoms with Crippen LogP contribution in [0.5, 0.6) is 11.9 Å². The van der Waals surface area contributed by atoms with Crippen LogP contribution in [0.1, 0.15) is 10.7 Å². The third-order valence-corrected chi connectivity index (χ3v) is 3.25. The fraction of sp³-hybridized carbons (Fsp3) is 0.364. The summed E-state index contributed by atoms with van der Waals surface area (Å²) in [5.74, 6) is 0.638. The summed E-state index contributed by atoms with van der Waals surface area (Å²) >= 11 is 0.549. The minimum atomic E-state index is -4.43. The summed E-state index contributed by atoms with van der Waals surface area (Å²) in [6.45, 7) is 0.0932. The van der Waals surface area contributed by atoms with Gasteiger partial charge in [-0.15, -0.1) is 11.3 Å². The molecule has 0 radical (unpaired) electrons. The zero-order valence-electron chi connectivity index (χ0n) is 11.1. The van der Waals surface area contributed by atoms with Gasteiger partial charge in [-0.1, -0.05) is 0 Å². The lowest BCUT2D eigenvalue weighted by molar-refractivity contribution is -0.137. The molecule has 1 N–H and O–H groups in total. The lowest BCUT2D eigenvalue weighted by Gasteiger charge is -2.07. The van der Waals surface area contributed by atoms with E-state index in [1.165, 1.54) is 25.7 Å². The van der Waals surface area contributed by atoms with Crippen LogP contribution in [-0.2, 0) is 12.7 Å². The van der Waals surface area contributed by atoms with Crippen molar-refractivity contribution in [1.82, 2.24) is 15.0 Å². The molecule has 0 bridgehead atoms. The minimum absolute atomic E-state index is 0.0890. The molecule has 2 rings (SSSR count). The summed E-state index contributed by atoms with van der Waals surface area (Å²) in [4.78, 5) is 11.4. The number of anilines is 1. The monoisotopic (exact) mass is 320 g/mol. The number of alkyl halides is 3. The van der Waals surface area contributed by atoms with Gasteiger partial charge >= 0.3 is 12.2 Å². The zero-order chi connectivity index (χ0) is 15.5. The van der Waals surface area contributed by atoms with Gasteiger partial charge in [0, 0.05) is 11.4 Å². The van der Waals surface area contributed by atoms with Gasteiger partial charge in [-0.25, -0.2) is 4.98 Å². The van der Waals surface area contributed by atoms with Crippen molar-refractivity contribution in [2.24, 2.45) is 0 Å². The molecule has 2 heterocycles. The van der Waals surface area contributed by atoms with E-state index in [0.717, 1.165) is 0 Å². The second-order valence-corrected chi connectivity index (χ2v) is 4.64. The van der Waals surface area contributed by atoms with Crippen LogP contribution in [0.4, 0.5) is 19.0 Å². The number of nitrogens with one attached hydrogen (secondary N) is 1. The fourth-order valence-electron chi connectivity index (χ4n) is 1.39. The smallest absolute Gasteiger partial charge is 0.443 e. The Morgan fingerprint density at radius 1 is 1.19 bits per heavy atom. The standard InChI is InChI=1S/C11H11F3N4O2S/c1-19-8-3-7(17-10(18-8)20-2)15-4-6-5-21-9(16-6)11(12,13)14/h3,5H,4H2,1-2H3,(H,15,17,18). The number of hydrogen-bond acceptors (Lipinski definition) is 7. The molecule has 0 saturated heterocycles. The van der Waals surface area contributed by atoms with Crippen molar-refractivity contribution in [3.05, 3.63) is 22.1 Å². The second kappa shape index (κ2) is 6.12. The second-order valence-electron chi connectivity index (χ2n) is 3.78. The minimum Gasteiger partial charge on any atom is -0.481 e. The van der Waals surface area contributed by atoms with Crippen molar-refractivity contribution in [3.8, 4) is 11.9 Å². The predicted octanol–water partition coefficient (Wildman–Crippen LogP) is 2.58. The summed E-state index contributed by atoms with van der Waals surface area (Å²) in [6.07, 6.45) is -4.43. The summed E-state index contributed by atoms with van der Waals surface area (Å²) in [5, 5.41) is 3.30. The quantitative estimate of drug-likeness (QED) is 0.913. The molecule has 114 valence electrons. The number of ether oxygens (including phenoxy) is 2. The van der Waals surface area contributed by atoms with Crippen molar-refractivity contribution in [2.45, 2.75) is 12.7 Å². The van der Waals surface area contributed by atoms with Gasteiger partial charge in [-0.2, -0.15) is 23.1 Å². The van der Waals surface area contributed by atoms with Gasteiger partial charge in [0.1, 0.15) is 5.82 Å². The molecular weight excluding hydrogens is 309 g/mol. The van der Waals surface area contributed by atoms with Crippen LogP contribution in [0.25, 0.3) is 0 Å². The summed E-state index contributed by atoms with van der Waals surface area (Å²) in [7, 11) is 2.83. The van der Waals surface area contributed by atoms with E-state index < -0.39 is 11.2 Å². The van der Waals surface area contributed by atoms with Crippen LogP contribution in [0.3, 0.4) is 0 Å². The topological polar surface area (TPSA) is 69.2 Å². The van der Waals surface area contributed by atoms with Crippen molar-refractivity contribution in [3.63, 3.8) is 0 Å². The summed E-state index contributed by atoms with van der Waals surface area (Å²) < 4.78 is 47.2. The van der Waals surface area contributed by atoms with E-state index in [0.29, 0.717) is 17.2 Å². The van der Waals surface area contributed by atoms with Gasteiger partial charge in [-0.05, 0) is 0 Å². The Labute approximate surface area is 122 Å². The van der Waals surface area contributed by atoms with E-state index in [4.69, 9.17) is 9.47 Å². The number of aromatic nitrogens is 3. The van der Waals surface area contributed by atoms with E-state index >= 15 is 0 Å². The molecule has 0 unspecified atom stereocenters. The van der Waals surface area contributed by atoms with Gasteiger partial charge in [0.05, 0.1) is 26.5 Å². The maximum atomic E-state index is 12.4. The molecule has 2 aromatic heterocycles. The number of hydrogen-bond donors (Lipinski definition) is 1. The lowest BCUT2D eigenvalue weighted by Crippen LogP contribution is -2.07. The van der Waals surface area contributed by atoms with E-state index in [2.05, 4.69) is 20.3 Å². The predicted molar refractivity (Wildman–Crippen MR) is 69.6 cm³/mol. The van der Waals surface area contributed by atoms with Crippen LogP contribution in [0.2, 0.25) is 0 Å². The Morgan fingerprint density at radius 2 is 1.95 bits per heavy atom. The Hall–Kier alpha value is -2.10. The zero-order valence-corrected chi connectivity index (χ0v) is 11.9. The summed E-state index contributed by atoms with van der Waals surface area (Å²) in [6, 6.07) is 1.59. The molecule has 0 saturated carbocycles. The first-order chi connectivity index (χ1) is 9.92. The molecule has 0 aliphatic heterocycles. The highest BCUT2D eigenvalue weighted by Gasteiger charge is 2.34. The van der Waals surface area contributed by atoms with Gasteiger partial charge in [0.25, 0.3) is 0 Å². The van der Waals surface area contributed by atoms with E-state index in [9.17, 15) is 13.2 Å². The molecule has 2 aromatic rings. The molecular formula is C11H11F3N4O2S. The Bertz CT molecular complexity index is 596. The molecule has 10 heteroatoms. The normalized spacial score (nSPS) is 11.3. The third kappa shape index (κ3) is 3.94. The fourth-order valence-corrected chi connectivity index (χ4v) is 2.08. The summed E-state index contributed by atoms with van der Waals surface area (Å²) in [5.41, 5.74) is 0.267. The lowest BCUT2D eigenvalue weighted by atomic mass is 10.4. The Morgan fingerprint density at radius 3 is 2.52 bits per heavy atom. The van der Waals surface area contributed by atoms with Crippen LogP contribution >= 0.6 is 11.3 Å². The van der Waals surface area contributed by atoms with Gasteiger partial charge in [-0.3, -0.25) is 0 Å². The molecule has 6 nitrogen and oxygen atoms in total. The maximum Gasteiger partial charge on any atom is 0.443 e. The number of halogens is 3. The SMILES string of the molecule is COc1cc(NCc2csc(C(F)(F)F)n2)nc(OC)n1. The number of nitrogens with zero attached hydrogens (tertiary/aromatic N) is 3. The molecule has 0 atom stereocenters. The average Bonchev–Trinajstić information content (AvgIpc) is 2.93. The molecule has 0 aromatic carbocycles. The Balaban J connectivity index is 2.07. The first kappa shape index (κ1) is 15.3. The highest BCUT2D eigenvalue weighted by atomic mass is 32.1. The van der Waals surface area contributed by atoms with Crippen LogP contribution in [0.15, 0.2) is 11.4 Å². The van der Waals surface area contributed by atoms with Gasteiger partial charge in [0.2, 0.25) is 5.88 Å². The third-order valence-electron chi connectivity index (χ3n) is 2.32. The molecule has 0 aliphatic carbocycles. The molecule has 0 amide bonds. The molecule has 21 heavy (non-hydrogen) atoms. The largest absolute Gasteiger partial charge is 0.481 e. The first-order valence-corrected chi connectivity index (χ1v) is 6.53. The highest BCUT2D eigenvalue weighted by Crippen LogP contribution is 2.31. The number of thiazole rings is 1. The van der Waals surface area contributed by atoms with E-state index in [1.54, 1.807) is 0 Å². The van der Waals surface area contributed by atoms with Crippen molar-refractivity contribution >= 4 is 17.2 Å². The number of methoxy groups -OCH3 is 2. The van der Waals surface area contributed by atoms with Gasteiger partial charge in [0.15, 0.2) is 5.01 Å². The van der Waals surface area contributed by atoms with Gasteiger partial charge < -0.3 is 14.8 Å². The van der Waals surface area contributed by atoms with Crippen LogP contribution in [0, 0.1) is 0 Å².